The van der Waals surface area contributed by atoms with Gasteiger partial charge < -0.3 is 11.1 Å². The number of likely N-dealkylation sites (N-methyl/N-ethyl adjacent to an activating group) is 1. The van der Waals surface area contributed by atoms with Gasteiger partial charge in [0.15, 0.2) is 0 Å². The Bertz CT molecular complexity index is 500. The van der Waals surface area contributed by atoms with E-state index in [4.69, 9.17) is 5.73 Å². The normalized spacial score (nSPS) is 11.3. The fourth-order valence-electron chi connectivity index (χ4n) is 2.06. The van der Waals surface area contributed by atoms with Crippen LogP contribution >= 0.6 is 36.2 Å². The zero-order valence-corrected chi connectivity index (χ0v) is 13.5. The number of nitrogen functional groups attached to an aromatic ring is 1. The number of nitrogens with two attached hydrogens (primary N) is 1. The van der Waals surface area contributed by atoms with Crippen LogP contribution in [0.3, 0.4) is 0 Å². The van der Waals surface area contributed by atoms with Gasteiger partial charge in [-0.15, -0.1) is 36.2 Å². The van der Waals surface area contributed by atoms with E-state index in [1.54, 1.807) is 11.3 Å². The zero-order valence-electron chi connectivity index (χ0n) is 11.1. The molecule has 0 aliphatic carbocycles. The summed E-state index contributed by atoms with van der Waals surface area (Å²) in [5.41, 5.74) is 9.45. The Kier molecular flexibility index (Phi) is 8.11. The Balaban J connectivity index is 0.00000162. The van der Waals surface area contributed by atoms with Crippen LogP contribution in [0, 0.1) is 6.92 Å². The summed E-state index contributed by atoms with van der Waals surface area (Å²) in [6.07, 6.45) is 0.931. The SMILES string of the molecule is CNC(Cc1ccccc1N)c1ccsc1C.Cl.Cl. The number of anilines is 1. The third kappa shape index (κ3) is 4.39. The first-order chi connectivity index (χ1) is 8.22. The van der Waals surface area contributed by atoms with Crippen LogP contribution in [0.15, 0.2) is 35.7 Å². The van der Waals surface area contributed by atoms with Crippen molar-refractivity contribution in [2.45, 2.75) is 19.4 Å². The lowest BCUT2D eigenvalue weighted by molar-refractivity contribution is 0.592. The monoisotopic (exact) mass is 318 g/mol. The lowest BCUT2D eigenvalue weighted by Crippen LogP contribution is -2.19. The number of hydrogen-bond acceptors (Lipinski definition) is 3. The summed E-state index contributed by atoms with van der Waals surface area (Å²) in [5.74, 6) is 0. The molecule has 0 saturated carbocycles. The highest BCUT2D eigenvalue weighted by Gasteiger charge is 2.14. The Morgan fingerprint density at radius 2 is 1.89 bits per heavy atom. The van der Waals surface area contributed by atoms with Crippen molar-refractivity contribution in [2.75, 3.05) is 12.8 Å². The average Bonchev–Trinajstić information content (AvgIpc) is 2.75. The van der Waals surface area contributed by atoms with Crippen LogP contribution in [-0.4, -0.2) is 7.05 Å². The van der Waals surface area contributed by atoms with Gasteiger partial charge in [-0.1, -0.05) is 18.2 Å². The third-order valence-electron chi connectivity index (χ3n) is 3.10. The topological polar surface area (TPSA) is 38.0 Å². The maximum absolute atomic E-state index is 5.99. The molecule has 1 unspecified atom stereocenters. The lowest BCUT2D eigenvalue weighted by Gasteiger charge is -2.17. The quantitative estimate of drug-likeness (QED) is 0.837. The van der Waals surface area contributed by atoms with Crippen LogP contribution in [0.25, 0.3) is 0 Å². The number of rotatable bonds is 4. The fourth-order valence-corrected chi connectivity index (χ4v) is 2.83. The molecule has 0 saturated heterocycles. The molecule has 0 radical (unpaired) electrons. The van der Waals surface area contributed by atoms with Crippen LogP contribution in [0.4, 0.5) is 5.69 Å². The predicted octanol–water partition coefficient (Wildman–Crippen LogP) is 3.99. The first-order valence-electron chi connectivity index (χ1n) is 5.77. The van der Waals surface area contributed by atoms with Gasteiger partial charge in [0.2, 0.25) is 0 Å². The molecule has 3 N–H and O–H groups in total. The summed E-state index contributed by atoms with van der Waals surface area (Å²) < 4.78 is 0. The Labute approximate surface area is 131 Å². The molecule has 0 spiro atoms. The minimum atomic E-state index is 0. The van der Waals surface area contributed by atoms with Gasteiger partial charge in [0.25, 0.3) is 0 Å². The second-order valence-corrected chi connectivity index (χ2v) is 5.30. The van der Waals surface area contributed by atoms with Gasteiger partial charge in [0.1, 0.15) is 0 Å². The molecule has 1 aromatic heterocycles. The molecule has 0 bridgehead atoms. The molecule has 1 heterocycles. The van der Waals surface area contributed by atoms with Crippen LogP contribution < -0.4 is 11.1 Å². The van der Waals surface area contributed by atoms with Crippen LogP contribution in [0.2, 0.25) is 0 Å². The highest BCUT2D eigenvalue weighted by molar-refractivity contribution is 7.10. The highest BCUT2D eigenvalue weighted by atomic mass is 35.5. The molecule has 1 atom stereocenters. The van der Waals surface area contributed by atoms with Crippen LogP contribution in [0.5, 0.6) is 0 Å². The van der Waals surface area contributed by atoms with Crippen molar-refractivity contribution in [1.82, 2.24) is 5.32 Å². The Morgan fingerprint density at radius 3 is 2.42 bits per heavy atom. The summed E-state index contributed by atoms with van der Waals surface area (Å²) in [6, 6.07) is 10.6. The number of nitrogens with one attached hydrogen (secondary N) is 1. The molecule has 19 heavy (non-hydrogen) atoms. The molecular weight excluding hydrogens is 299 g/mol. The van der Waals surface area contributed by atoms with E-state index in [9.17, 15) is 0 Å². The molecule has 0 aliphatic heterocycles. The van der Waals surface area contributed by atoms with Gasteiger partial charge in [-0.3, -0.25) is 0 Å². The second kappa shape index (κ2) is 8.43. The van der Waals surface area contributed by atoms with Crippen molar-refractivity contribution in [3.63, 3.8) is 0 Å². The van der Waals surface area contributed by atoms with Crippen molar-refractivity contribution in [1.29, 1.82) is 0 Å². The molecule has 2 nitrogen and oxygen atoms in total. The molecule has 0 amide bonds. The van der Waals surface area contributed by atoms with E-state index in [-0.39, 0.29) is 24.8 Å². The summed E-state index contributed by atoms with van der Waals surface area (Å²) in [4.78, 5) is 1.37. The maximum atomic E-state index is 5.99. The lowest BCUT2D eigenvalue weighted by atomic mass is 9.98. The van der Waals surface area contributed by atoms with E-state index in [0.717, 1.165) is 12.1 Å². The summed E-state index contributed by atoms with van der Waals surface area (Å²) in [7, 11) is 2.00. The van der Waals surface area contributed by atoms with Crippen LogP contribution in [-0.2, 0) is 6.42 Å². The molecule has 1 aromatic carbocycles. The van der Waals surface area contributed by atoms with Gasteiger partial charge in [0.05, 0.1) is 0 Å². The number of hydrogen-bond donors (Lipinski definition) is 2. The molecular formula is C14H20Cl2N2S. The summed E-state index contributed by atoms with van der Waals surface area (Å²) in [6.45, 7) is 2.17. The first-order valence-corrected chi connectivity index (χ1v) is 6.65. The minimum Gasteiger partial charge on any atom is -0.399 e. The van der Waals surface area contributed by atoms with E-state index in [1.807, 2.05) is 25.2 Å². The number of thiophene rings is 1. The van der Waals surface area contributed by atoms with Crippen molar-refractivity contribution in [2.24, 2.45) is 0 Å². The van der Waals surface area contributed by atoms with Crippen LogP contribution in [0.1, 0.15) is 22.0 Å². The highest BCUT2D eigenvalue weighted by Crippen LogP contribution is 2.26. The Hall–Kier alpha value is -0.740. The maximum Gasteiger partial charge on any atom is 0.0370 e. The minimum absolute atomic E-state index is 0. The van der Waals surface area contributed by atoms with Crippen molar-refractivity contribution >= 4 is 41.8 Å². The van der Waals surface area contributed by atoms with E-state index < -0.39 is 0 Å². The number of benzene rings is 1. The Morgan fingerprint density at radius 1 is 1.21 bits per heavy atom. The van der Waals surface area contributed by atoms with Gasteiger partial charge >= 0.3 is 0 Å². The molecule has 0 fully saturated rings. The zero-order chi connectivity index (χ0) is 12.3. The largest absolute Gasteiger partial charge is 0.399 e. The standard InChI is InChI=1S/C14H18N2S.2ClH/c1-10-12(7-8-17-10)14(16-2)9-11-5-3-4-6-13(11)15;;/h3-8,14,16H,9,15H2,1-2H3;2*1H. The van der Waals surface area contributed by atoms with Crippen molar-refractivity contribution in [3.05, 3.63) is 51.7 Å². The number of para-hydroxylation sites is 1. The van der Waals surface area contributed by atoms with E-state index in [2.05, 4.69) is 29.8 Å². The van der Waals surface area contributed by atoms with Crippen molar-refractivity contribution < 1.29 is 0 Å². The van der Waals surface area contributed by atoms with E-state index >= 15 is 0 Å². The molecule has 106 valence electrons. The average molecular weight is 319 g/mol. The van der Waals surface area contributed by atoms with Crippen molar-refractivity contribution in [3.8, 4) is 0 Å². The van der Waals surface area contributed by atoms with E-state index in [1.165, 1.54) is 16.0 Å². The second-order valence-electron chi connectivity index (χ2n) is 4.18. The predicted molar refractivity (Wildman–Crippen MR) is 89.9 cm³/mol. The number of halogens is 2. The van der Waals surface area contributed by atoms with Gasteiger partial charge in [-0.05, 0) is 49.0 Å². The van der Waals surface area contributed by atoms with Gasteiger partial charge in [-0.2, -0.15) is 0 Å². The molecule has 0 aliphatic rings. The van der Waals surface area contributed by atoms with Gasteiger partial charge in [0, 0.05) is 16.6 Å². The van der Waals surface area contributed by atoms with Gasteiger partial charge in [-0.25, -0.2) is 0 Å². The number of aryl methyl sites for hydroxylation is 1. The molecule has 5 heteroatoms. The summed E-state index contributed by atoms with van der Waals surface area (Å²) in [5, 5.41) is 5.51. The molecule has 2 rings (SSSR count). The summed E-state index contributed by atoms with van der Waals surface area (Å²) >= 11 is 1.79. The smallest absolute Gasteiger partial charge is 0.0370 e. The molecule has 2 aromatic rings. The van der Waals surface area contributed by atoms with E-state index in [0.29, 0.717) is 6.04 Å². The third-order valence-corrected chi connectivity index (χ3v) is 3.96. The first kappa shape index (κ1) is 18.3. The fraction of sp³-hybridized carbons (Fsp3) is 0.286.